The Hall–Kier alpha value is -3.40. The zero-order valence-electron chi connectivity index (χ0n) is 18.6. The number of rotatable bonds is 6. The number of benzene rings is 1. The van der Waals surface area contributed by atoms with E-state index in [0.717, 1.165) is 24.6 Å². The molecule has 7 nitrogen and oxygen atoms in total. The maximum Gasteiger partial charge on any atom is 0.268 e. The predicted octanol–water partition coefficient (Wildman–Crippen LogP) is 3.96. The van der Waals surface area contributed by atoms with Gasteiger partial charge in [0.05, 0.1) is 17.7 Å². The van der Waals surface area contributed by atoms with Crippen molar-refractivity contribution in [3.8, 4) is 16.9 Å². The van der Waals surface area contributed by atoms with Gasteiger partial charge in [-0.2, -0.15) is 5.10 Å². The molecule has 4 rings (SSSR count). The lowest BCUT2D eigenvalue weighted by molar-refractivity contribution is -0.121. The van der Waals surface area contributed by atoms with E-state index in [1.54, 1.807) is 25.3 Å². The lowest BCUT2D eigenvalue weighted by Crippen LogP contribution is -2.34. The molecule has 1 N–H and O–H groups in total. The molecule has 1 atom stereocenters. The Kier molecular flexibility index (Phi) is 6.11. The molecule has 33 heavy (non-hydrogen) atoms. The second kappa shape index (κ2) is 8.86. The standard InChI is InChI=1S/C23H23F2N5O2S/c1-5-12(2)26-20(31)10-16-11-33-23-27-14(4)21(22(32)29(16)23)18-8-13(3)30(28-18)19-9-15(24)6-7-17(19)25/h6-9,11-12H,5,10H2,1-4H3,(H,26,31). The molecule has 0 spiro atoms. The largest absolute Gasteiger partial charge is 0.353 e. The number of amides is 1. The molecule has 0 aliphatic heterocycles. The topological polar surface area (TPSA) is 81.3 Å². The van der Waals surface area contributed by atoms with Crippen LogP contribution in [0.25, 0.3) is 21.9 Å². The van der Waals surface area contributed by atoms with Gasteiger partial charge in [0.25, 0.3) is 5.56 Å². The van der Waals surface area contributed by atoms with Crippen molar-refractivity contribution in [2.75, 3.05) is 0 Å². The molecular formula is C23H23F2N5O2S. The number of carbonyl (C=O) groups is 1. The number of fused-ring (bicyclic) bond motifs is 1. The molecule has 4 aromatic rings. The quantitative estimate of drug-likeness (QED) is 0.462. The molecule has 1 unspecified atom stereocenters. The number of aryl methyl sites for hydroxylation is 2. The highest BCUT2D eigenvalue weighted by molar-refractivity contribution is 7.15. The normalized spacial score (nSPS) is 12.3. The monoisotopic (exact) mass is 471 g/mol. The van der Waals surface area contributed by atoms with Crippen LogP contribution in [0.5, 0.6) is 0 Å². The minimum Gasteiger partial charge on any atom is -0.353 e. The first-order chi connectivity index (χ1) is 15.7. The highest BCUT2D eigenvalue weighted by atomic mass is 32.1. The molecule has 0 aliphatic carbocycles. The second-order valence-electron chi connectivity index (χ2n) is 7.95. The van der Waals surface area contributed by atoms with E-state index in [0.29, 0.717) is 27.7 Å². The molecule has 0 aliphatic rings. The van der Waals surface area contributed by atoms with Crippen molar-refractivity contribution in [2.45, 2.75) is 46.6 Å². The molecule has 0 fully saturated rings. The number of nitrogens with one attached hydrogen (secondary N) is 1. The van der Waals surface area contributed by atoms with Crippen LogP contribution < -0.4 is 10.9 Å². The van der Waals surface area contributed by atoms with Gasteiger partial charge >= 0.3 is 0 Å². The van der Waals surface area contributed by atoms with Crippen LogP contribution in [0.15, 0.2) is 34.4 Å². The molecule has 10 heteroatoms. The number of thiazole rings is 1. The average Bonchev–Trinajstić information content (AvgIpc) is 3.33. The average molecular weight is 472 g/mol. The zero-order valence-corrected chi connectivity index (χ0v) is 19.5. The Labute approximate surface area is 192 Å². The molecule has 3 heterocycles. The van der Waals surface area contributed by atoms with Gasteiger partial charge in [0, 0.05) is 28.9 Å². The van der Waals surface area contributed by atoms with Crippen LogP contribution in [-0.2, 0) is 11.2 Å². The third-order valence-corrected chi connectivity index (χ3v) is 6.34. The summed E-state index contributed by atoms with van der Waals surface area (Å²) >= 11 is 1.28. The van der Waals surface area contributed by atoms with Crippen molar-refractivity contribution in [3.63, 3.8) is 0 Å². The van der Waals surface area contributed by atoms with E-state index in [1.165, 1.54) is 20.4 Å². The molecule has 172 valence electrons. The first-order valence-electron chi connectivity index (χ1n) is 10.5. The number of aromatic nitrogens is 4. The Bertz CT molecular complexity index is 1420. The van der Waals surface area contributed by atoms with Crippen molar-refractivity contribution < 1.29 is 13.6 Å². The van der Waals surface area contributed by atoms with Gasteiger partial charge in [-0.1, -0.05) is 6.92 Å². The molecule has 3 aromatic heterocycles. The van der Waals surface area contributed by atoms with Crippen molar-refractivity contribution >= 4 is 22.2 Å². The van der Waals surface area contributed by atoms with E-state index in [1.807, 2.05) is 13.8 Å². The van der Waals surface area contributed by atoms with Crippen molar-refractivity contribution in [1.82, 2.24) is 24.5 Å². The van der Waals surface area contributed by atoms with Gasteiger partial charge < -0.3 is 5.32 Å². The molecule has 1 amide bonds. The van der Waals surface area contributed by atoms with E-state index >= 15 is 0 Å². The fourth-order valence-corrected chi connectivity index (χ4v) is 4.53. The van der Waals surface area contributed by atoms with Gasteiger partial charge in [-0.15, -0.1) is 11.3 Å². The Morgan fingerprint density at radius 1 is 1.24 bits per heavy atom. The van der Waals surface area contributed by atoms with E-state index < -0.39 is 11.6 Å². The van der Waals surface area contributed by atoms with Gasteiger partial charge in [-0.3, -0.25) is 14.0 Å². The van der Waals surface area contributed by atoms with E-state index in [9.17, 15) is 18.4 Å². The molecule has 0 radical (unpaired) electrons. The molecule has 0 saturated heterocycles. The molecule has 0 bridgehead atoms. The van der Waals surface area contributed by atoms with Crippen LogP contribution in [0.1, 0.15) is 37.4 Å². The number of halogens is 2. The van der Waals surface area contributed by atoms with Crippen molar-refractivity contribution in [3.05, 3.63) is 68.7 Å². The number of nitrogens with zero attached hydrogens (tertiary/aromatic N) is 4. The number of hydrogen-bond donors (Lipinski definition) is 1. The summed E-state index contributed by atoms with van der Waals surface area (Å²) in [6.45, 7) is 7.28. The minimum atomic E-state index is -0.636. The summed E-state index contributed by atoms with van der Waals surface area (Å²) in [5, 5.41) is 9.03. The molecule has 0 saturated carbocycles. The van der Waals surface area contributed by atoms with Gasteiger partial charge in [-0.25, -0.2) is 18.4 Å². The summed E-state index contributed by atoms with van der Waals surface area (Å²) in [7, 11) is 0. The van der Waals surface area contributed by atoms with Gasteiger partial charge in [0.15, 0.2) is 4.96 Å². The van der Waals surface area contributed by atoms with Crippen LogP contribution in [-0.4, -0.2) is 31.1 Å². The summed E-state index contributed by atoms with van der Waals surface area (Å²) in [5.74, 6) is -1.41. The van der Waals surface area contributed by atoms with Gasteiger partial charge in [0.1, 0.15) is 23.0 Å². The third kappa shape index (κ3) is 4.30. The van der Waals surface area contributed by atoms with Gasteiger partial charge in [0.2, 0.25) is 5.91 Å². The summed E-state index contributed by atoms with van der Waals surface area (Å²) in [5.41, 5.74) is 1.63. The van der Waals surface area contributed by atoms with Gasteiger partial charge in [-0.05, 0) is 45.4 Å². The Morgan fingerprint density at radius 2 is 2.00 bits per heavy atom. The summed E-state index contributed by atoms with van der Waals surface area (Å²) < 4.78 is 30.7. The zero-order chi connectivity index (χ0) is 23.9. The fourth-order valence-electron chi connectivity index (χ4n) is 3.61. The predicted molar refractivity (Wildman–Crippen MR) is 123 cm³/mol. The van der Waals surface area contributed by atoms with E-state index in [-0.39, 0.29) is 35.2 Å². The fraction of sp³-hybridized carbons (Fsp3) is 0.304. The first-order valence-corrected chi connectivity index (χ1v) is 11.4. The first kappa shape index (κ1) is 22.8. The van der Waals surface area contributed by atoms with E-state index in [2.05, 4.69) is 15.4 Å². The maximum atomic E-state index is 14.3. The van der Waals surface area contributed by atoms with Crippen LogP contribution >= 0.6 is 11.3 Å². The smallest absolute Gasteiger partial charge is 0.268 e. The number of hydrogen-bond acceptors (Lipinski definition) is 5. The number of carbonyl (C=O) groups excluding carboxylic acids is 1. The lowest BCUT2D eigenvalue weighted by Gasteiger charge is -2.11. The summed E-state index contributed by atoms with van der Waals surface area (Å²) in [6, 6.07) is 4.77. The minimum absolute atomic E-state index is 0.0326. The molecule has 1 aromatic carbocycles. The van der Waals surface area contributed by atoms with Crippen molar-refractivity contribution in [2.24, 2.45) is 0 Å². The van der Waals surface area contributed by atoms with Crippen LogP contribution in [0.3, 0.4) is 0 Å². The summed E-state index contributed by atoms with van der Waals surface area (Å²) in [4.78, 5) is 30.9. The second-order valence-corrected chi connectivity index (χ2v) is 8.79. The summed E-state index contributed by atoms with van der Waals surface area (Å²) in [6.07, 6.45) is 0.839. The highest BCUT2D eigenvalue weighted by Crippen LogP contribution is 2.24. The third-order valence-electron chi connectivity index (χ3n) is 5.46. The van der Waals surface area contributed by atoms with Crippen molar-refractivity contribution in [1.29, 1.82) is 0 Å². The van der Waals surface area contributed by atoms with Crippen LogP contribution in [0, 0.1) is 25.5 Å². The van der Waals surface area contributed by atoms with Crippen LogP contribution in [0.2, 0.25) is 0 Å². The highest BCUT2D eigenvalue weighted by Gasteiger charge is 2.21. The molecular weight excluding hydrogens is 448 g/mol. The van der Waals surface area contributed by atoms with E-state index in [4.69, 9.17) is 0 Å². The SMILES string of the molecule is CCC(C)NC(=O)Cc1csc2nc(C)c(-c3cc(C)n(-c4cc(F)ccc4F)n3)c(=O)n12. The Balaban J connectivity index is 1.80. The Morgan fingerprint density at radius 3 is 2.73 bits per heavy atom. The lowest BCUT2D eigenvalue weighted by atomic mass is 10.1. The van der Waals surface area contributed by atoms with Crippen LogP contribution in [0.4, 0.5) is 8.78 Å². The maximum absolute atomic E-state index is 14.3.